The number of carbonyl (C=O) groups excluding carboxylic acids is 1. The quantitative estimate of drug-likeness (QED) is 0.525. The van der Waals surface area contributed by atoms with Crippen LogP contribution in [0.15, 0.2) is 48.5 Å². The molecule has 2 rings (SSSR count). The summed E-state index contributed by atoms with van der Waals surface area (Å²) in [6.45, 7) is 0. The van der Waals surface area contributed by atoms with Gasteiger partial charge < -0.3 is 10.5 Å². The third-order valence-electron chi connectivity index (χ3n) is 2.36. The summed E-state index contributed by atoms with van der Waals surface area (Å²) in [5, 5.41) is 0.535. The van der Waals surface area contributed by atoms with E-state index in [0.717, 1.165) is 5.56 Å². The van der Waals surface area contributed by atoms with Gasteiger partial charge in [0.15, 0.2) is 0 Å². The molecular formula is C14H12ClNO2. The first kappa shape index (κ1) is 12.5. The van der Waals surface area contributed by atoms with Gasteiger partial charge in [-0.1, -0.05) is 29.8 Å². The van der Waals surface area contributed by atoms with E-state index in [9.17, 15) is 4.79 Å². The molecule has 0 saturated carbocycles. The molecule has 2 aromatic carbocycles. The minimum atomic E-state index is -0.331. The highest BCUT2D eigenvalue weighted by Crippen LogP contribution is 2.17. The molecule has 0 fully saturated rings. The third kappa shape index (κ3) is 3.50. The summed E-state index contributed by atoms with van der Waals surface area (Å²) in [7, 11) is 0. The number of hydrogen-bond acceptors (Lipinski definition) is 3. The summed E-state index contributed by atoms with van der Waals surface area (Å²) >= 11 is 5.80. The largest absolute Gasteiger partial charge is 0.426 e. The van der Waals surface area contributed by atoms with Gasteiger partial charge in [0.1, 0.15) is 5.75 Å². The zero-order valence-corrected chi connectivity index (χ0v) is 10.4. The van der Waals surface area contributed by atoms with Gasteiger partial charge in [-0.3, -0.25) is 4.79 Å². The predicted octanol–water partition coefficient (Wildman–Crippen LogP) is 3.07. The lowest BCUT2D eigenvalue weighted by Crippen LogP contribution is -2.11. The Hall–Kier alpha value is -2.00. The maximum atomic E-state index is 11.7. The number of carbonyl (C=O) groups is 1. The lowest BCUT2D eigenvalue weighted by Gasteiger charge is -2.05. The van der Waals surface area contributed by atoms with Crippen molar-refractivity contribution in [2.24, 2.45) is 0 Å². The molecule has 0 saturated heterocycles. The first-order chi connectivity index (χ1) is 8.63. The molecule has 0 radical (unpaired) electrons. The molecule has 0 atom stereocenters. The fourth-order valence-electron chi connectivity index (χ4n) is 1.50. The predicted molar refractivity (Wildman–Crippen MR) is 71.6 cm³/mol. The summed E-state index contributed by atoms with van der Waals surface area (Å²) in [5.41, 5.74) is 7.09. The van der Waals surface area contributed by atoms with Crippen molar-refractivity contribution in [3.63, 3.8) is 0 Å². The van der Waals surface area contributed by atoms with E-state index >= 15 is 0 Å². The highest BCUT2D eigenvalue weighted by atomic mass is 35.5. The summed E-state index contributed by atoms with van der Waals surface area (Å²) in [6.07, 6.45) is 0.201. The van der Waals surface area contributed by atoms with Crippen molar-refractivity contribution in [2.75, 3.05) is 5.73 Å². The van der Waals surface area contributed by atoms with Crippen LogP contribution in [0, 0.1) is 0 Å². The van der Waals surface area contributed by atoms with Crippen LogP contribution in [-0.2, 0) is 11.2 Å². The Morgan fingerprint density at radius 1 is 1.17 bits per heavy atom. The molecule has 0 aliphatic heterocycles. The topological polar surface area (TPSA) is 52.3 Å². The molecule has 0 bridgehead atoms. The number of ether oxygens (including phenoxy) is 1. The van der Waals surface area contributed by atoms with E-state index in [0.29, 0.717) is 16.5 Å². The van der Waals surface area contributed by atoms with Crippen molar-refractivity contribution in [2.45, 2.75) is 6.42 Å². The van der Waals surface area contributed by atoms with Crippen LogP contribution in [0.2, 0.25) is 5.02 Å². The van der Waals surface area contributed by atoms with Crippen LogP contribution in [0.1, 0.15) is 5.56 Å². The van der Waals surface area contributed by atoms with Gasteiger partial charge in [0.25, 0.3) is 0 Å². The van der Waals surface area contributed by atoms with E-state index in [2.05, 4.69) is 0 Å². The second-order valence-electron chi connectivity index (χ2n) is 3.85. The van der Waals surface area contributed by atoms with E-state index < -0.39 is 0 Å². The van der Waals surface area contributed by atoms with Gasteiger partial charge in [-0.05, 0) is 35.9 Å². The van der Waals surface area contributed by atoms with Gasteiger partial charge in [0.05, 0.1) is 6.42 Å². The minimum Gasteiger partial charge on any atom is -0.426 e. The number of hydrogen-bond donors (Lipinski definition) is 1. The molecule has 3 nitrogen and oxygen atoms in total. The number of esters is 1. The number of nitrogens with two attached hydrogens (primary N) is 1. The second kappa shape index (κ2) is 5.56. The Labute approximate surface area is 110 Å². The summed E-state index contributed by atoms with van der Waals surface area (Å²) in [4.78, 5) is 11.7. The Morgan fingerprint density at radius 2 is 1.89 bits per heavy atom. The average Bonchev–Trinajstić information content (AvgIpc) is 2.32. The van der Waals surface area contributed by atoms with Crippen LogP contribution in [0.25, 0.3) is 0 Å². The molecule has 0 spiro atoms. The fraction of sp³-hybridized carbons (Fsp3) is 0.0714. The standard InChI is InChI=1S/C14H12ClNO2/c15-11-2-1-3-13(9-11)18-14(17)8-10-4-6-12(16)7-5-10/h1-7,9H,8,16H2. The molecule has 2 N–H and O–H groups in total. The molecule has 0 heterocycles. The lowest BCUT2D eigenvalue weighted by atomic mass is 10.1. The Morgan fingerprint density at radius 3 is 2.56 bits per heavy atom. The zero-order chi connectivity index (χ0) is 13.0. The molecule has 4 heteroatoms. The van der Waals surface area contributed by atoms with E-state index in [1.807, 2.05) is 0 Å². The van der Waals surface area contributed by atoms with E-state index in [-0.39, 0.29) is 12.4 Å². The zero-order valence-electron chi connectivity index (χ0n) is 9.60. The smallest absolute Gasteiger partial charge is 0.315 e. The highest BCUT2D eigenvalue weighted by molar-refractivity contribution is 6.30. The van der Waals surface area contributed by atoms with Crippen LogP contribution in [0.5, 0.6) is 5.75 Å². The van der Waals surface area contributed by atoms with Crippen molar-refractivity contribution in [3.8, 4) is 5.75 Å². The van der Waals surface area contributed by atoms with Crippen molar-refractivity contribution in [1.82, 2.24) is 0 Å². The van der Waals surface area contributed by atoms with Crippen LogP contribution in [-0.4, -0.2) is 5.97 Å². The van der Waals surface area contributed by atoms with Crippen LogP contribution < -0.4 is 10.5 Å². The molecular weight excluding hydrogens is 250 g/mol. The van der Waals surface area contributed by atoms with Crippen molar-refractivity contribution in [3.05, 3.63) is 59.1 Å². The summed E-state index contributed by atoms with van der Waals surface area (Å²) < 4.78 is 5.17. The summed E-state index contributed by atoms with van der Waals surface area (Å²) in [6, 6.07) is 13.8. The number of nitrogen functional groups attached to an aromatic ring is 1. The number of rotatable bonds is 3. The van der Waals surface area contributed by atoms with Crippen molar-refractivity contribution >= 4 is 23.3 Å². The molecule has 92 valence electrons. The van der Waals surface area contributed by atoms with E-state index in [4.69, 9.17) is 22.1 Å². The number of halogens is 1. The van der Waals surface area contributed by atoms with Crippen LogP contribution >= 0.6 is 11.6 Å². The van der Waals surface area contributed by atoms with E-state index in [1.165, 1.54) is 0 Å². The average molecular weight is 262 g/mol. The number of anilines is 1. The first-order valence-electron chi connectivity index (χ1n) is 5.44. The van der Waals surface area contributed by atoms with Gasteiger partial charge in [-0.15, -0.1) is 0 Å². The molecule has 0 aliphatic carbocycles. The summed E-state index contributed by atoms with van der Waals surface area (Å²) in [5.74, 6) is 0.116. The van der Waals surface area contributed by atoms with Gasteiger partial charge in [-0.2, -0.15) is 0 Å². The minimum absolute atomic E-state index is 0.201. The SMILES string of the molecule is Nc1ccc(CC(=O)Oc2cccc(Cl)c2)cc1. The van der Waals surface area contributed by atoms with Crippen molar-refractivity contribution < 1.29 is 9.53 Å². The van der Waals surface area contributed by atoms with Crippen molar-refractivity contribution in [1.29, 1.82) is 0 Å². The normalized spacial score (nSPS) is 10.1. The van der Waals surface area contributed by atoms with Crippen LogP contribution in [0.4, 0.5) is 5.69 Å². The van der Waals surface area contributed by atoms with Gasteiger partial charge in [0.2, 0.25) is 0 Å². The Balaban J connectivity index is 1.98. The van der Waals surface area contributed by atoms with Gasteiger partial charge >= 0.3 is 5.97 Å². The van der Waals surface area contributed by atoms with E-state index in [1.54, 1.807) is 48.5 Å². The van der Waals surface area contributed by atoms with Gasteiger partial charge in [-0.25, -0.2) is 0 Å². The monoisotopic (exact) mass is 261 g/mol. The first-order valence-corrected chi connectivity index (χ1v) is 5.82. The lowest BCUT2D eigenvalue weighted by molar-refractivity contribution is -0.133. The molecule has 18 heavy (non-hydrogen) atoms. The number of benzene rings is 2. The highest BCUT2D eigenvalue weighted by Gasteiger charge is 2.06. The molecule has 0 amide bonds. The molecule has 2 aromatic rings. The van der Waals surface area contributed by atoms with Crippen LogP contribution in [0.3, 0.4) is 0 Å². The molecule has 0 aromatic heterocycles. The Bertz CT molecular complexity index is 552. The molecule has 0 unspecified atom stereocenters. The third-order valence-corrected chi connectivity index (χ3v) is 2.59. The maximum absolute atomic E-state index is 11.7. The Kier molecular flexibility index (Phi) is 3.85. The molecule has 0 aliphatic rings. The maximum Gasteiger partial charge on any atom is 0.315 e. The van der Waals surface area contributed by atoms with Gasteiger partial charge in [0, 0.05) is 10.7 Å². The second-order valence-corrected chi connectivity index (χ2v) is 4.29. The fourth-order valence-corrected chi connectivity index (χ4v) is 1.68.